The van der Waals surface area contributed by atoms with Crippen molar-refractivity contribution in [3.8, 4) is 11.8 Å². The summed E-state index contributed by atoms with van der Waals surface area (Å²) in [6.45, 7) is 0.201. The van der Waals surface area contributed by atoms with Gasteiger partial charge in [-0.2, -0.15) is 14.0 Å². The molecule has 0 atom stereocenters. The van der Waals surface area contributed by atoms with Crippen LogP contribution in [0.1, 0.15) is 34.1 Å². The van der Waals surface area contributed by atoms with Gasteiger partial charge in [0, 0.05) is 22.6 Å². The second kappa shape index (κ2) is 7.88. The Morgan fingerprint density at radius 2 is 2.12 bits per heavy atom. The van der Waals surface area contributed by atoms with Gasteiger partial charge in [0.25, 0.3) is 0 Å². The molecule has 1 aromatic heterocycles. The van der Waals surface area contributed by atoms with Crippen LogP contribution in [0.5, 0.6) is 5.75 Å². The number of para-hydroxylation sites is 1. The molecule has 2 aromatic rings. The maximum atomic E-state index is 12.4. The standard InChI is InChI=1S/C17H14F2N2O2S/c1-10-14(11(2)22)7-13(8-20)16(21-10)24-9-12-5-3-4-6-15(12)23-17(18)19/h3-7,17H,9H2,1-2H3. The third kappa shape index (κ3) is 4.30. The predicted octanol–water partition coefficient (Wildman–Crippen LogP) is 4.36. The van der Waals surface area contributed by atoms with Crippen LogP contribution in [-0.2, 0) is 5.75 Å². The zero-order valence-corrected chi connectivity index (χ0v) is 13.9. The van der Waals surface area contributed by atoms with Gasteiger partial charge in [-0.25, -0.2) is 4.98 Å². The van der Waals surface area contributed by atoms with Gasteiger partial charge < -0.3 is 4.74 Å². The molecule has 0 aliphatic carbocycles. The van der Waals surface area contributed by atoms with E-state index in [-0.39, 0.29) is 17.1 Å². The van der Waals surface area contributed by atoms with Crippen molar-refractivity contribution in [2.24, 2.45) is 0 Å². The number of ether oxygens (including phenoxy) is 1. The molecule has 0 radical (unpaired) electrons. The zero-order valence-electron chi connectivity index (χ0n) is 13.0. The summed E-state index contributed by atoms with van der Waals surface area (Å²) in [6.07, 6.45) is 0. The molecule has 0 spiro atoms. The summed E-state index contributed by atoms with van der Waals surface area (Å²) >= 11 is 1.23. The lowest BCUT2D eigenvalue weighted by Gasteiger charge is -2.11. The topological polar surface area (TPSA) is 63.0 Å². The summed E-state index contributed by atoms with van der Waals surface area (Å²) in [5, 5.41) is 9.70. The van der Waals surface area contributed by atoms with Gasteiger partial charge in [-0.15, -0.1) is 11.8 Å². The van der Waals surface area contributed by atoms with E-state index in [1.165, 1.54) is 30.8 Å². The quantitative estimate of drug-likeness (QED) is 0.573. The largest absolute Gasteiger partial charge is 0.435 e. The van der Waals surface area contributed by atoms with Crippen molar-refractivity contribution in [1.29, 1.82) is 5.26 Å². The number of alkyl halides is 2. The van der Waals surface area contributed by atoms with E-state index in [9.17, 15) is 18.8 Å². The minimum Gasteiger partial charge on any atom is -0.435 e. The number of hydrogen-bond acceptors (Lipinski definition) is 5. The molecule has 1 heterocycles. The molecule has 124 valence electrons. The van der Waals surface area contributed by atoms with Gasteiger partial charge in [-0.05, 0) is 26.0 Å². The fraction of sp³-hybridized carbons (Fsp3) is 0.235. The van der Waals surface area contributed by atoms with Gasteiger partial charge in [-0.3, -0.25) is 4.79 Å². The SMILES string of the molecule is CC(=O)c1cc(C#N)c(SCc2ccccc2OC(F)F)nc1C. The van der Waals surface area contributed by atoms with Crippen LogP contribution in [-0.4, -0.2) is 17.4 Å². The molecule has 0 amide bonds. The summed E-state index contributed by atoms with van der Waals surface area (Å²) in [5.41, 5.74) is 1.78. The number of benzene rings is 1. The van der Waals surface area contributed by atoms with Crippen molar-refractivity contribution in [2.75, 3.05) is 0 Å². The Morgan fingerprint density at radius 1 is 1.42 bits per heavy atom. The van der Waals surface area contributed by atoms with Gasteiger partial charge in [0.1, 0.15) is 16.8 Å². The first-order valence-electron chi connectivity index (χ1n) is 7.00. The van der Waals surface area contributed by atoms with Crippen molar-refractivity contribution >= 4 is 17.5 Å². The van der Waals surface area contributed by atoms with E-state index in [0.29, 0.717) is 27.6 Å². The first kappa shape index (κ1) is 17.9. The monoisotopic (exact) mass is 348 g/mol. The molecule has 0 bridgehead atoms. The maximum absolute atomic E-state index is 12.4. The first-order chi connectivity index (χ1) is 11.4. The normalized spacial score (nSPS) is 10.5. The van der Waals surface area contributed by atoms with Crippen molar-refractivity contribution in [3.05, 3.63) is 52.7 Å². The van der Waals surface area contributed by atoms with Crippen LogP contribution in [0.15, 0.2) is 35.4 Å². The fourth-order valence-corrected chi connectivity index (χ4v) is 3.10. The molecule has 1 aromatic carbocycles. The number of carbonyl (C=O) groups excluding carboxylic acids is 1. The van der Waals surface area contributed by atoms with Crippen LogP contribution in [0.4, 0.5) is 8.78 Å². The van der Waals surface area contributed by atoms with Crippen molar-refractivity contribution in [1.82, 2.24) is 4.98 Å². The lowest BCUT2D eigenvalue weighted by molar-refractivity contribution is -0.0503. The van der Waals surface area contributed by atoms with Crippen LogP contribution < -0.4 is 4.74 Å². The lowest BCUT2D eigenvalue weighted by atomic mass is 10.1. The highest BCUT2D eigenvalue weighted by Gasteiger charge is 2.14. The van der Waals surface area contributed by atoms with Crippen LogP contribution >= 0.6 is 11.8 Å². The summed E-state index contributed by atoms with van der Waals surface area (Å²) in [5.74, 6) is 0.239. The molecule has 0 saturated heterocycles. The Balaban J connectivity index is 2.26. The van der Waals surface area contributed by atoms with Gasteiger partial charge in [0.05, 0.1) is 5.56 Å². The number of pyridine rings is 1. The number of ketones is 1. The number of halogens is 2. The minimum absolute atomic E-state index is 0.0931. The van der Waals surface area contributed by atoms with Crippen LogP contribution in [0.2, 0.25) is 0 Å². The van der Waals surface area contributed by atoms with Crippen LogP contribution in [0, 0.1) is 18.3 Å². The molecule has 0 fully saturated rings. The first-order valence-corrected chi connectivity index (χ1v) is 7.99. The van der Waals surface area contributed by atoms with E-state index in [0.717, 1.165) is 0 Å². The third-order valence-electron chi connectivity index (χ3n) is 3.23. The van der Waals surface area contributed by atoms with Gasteiger partial charge in [0.15, 0.2) is 5.78 Å². The molecule has 0 unspecified atom stereocenters. The molecule has 0 N–H and O–H groups in total. The lowest BCUT2D eigenvalue weighted by Crippen LogP contribution is -2.04. The fourth-order valence-electron chi connectivity index (χ4n) is 2.11. The molecule has 24 heavy (non-hydrogen) atoms. The Labute approximate surface area is 142 Å². The Morgan fingerprint density at radius 3 is 2.75 bits per heavy atom. The Hall–Kier alpha value is -2.46. The number of Topliss-reactive ketones (excluding diaryl/α,β-unsaturated/α-hetero) is 1. The van der Waals surface area contributed by atoms with E-state index >= 15 is 0 Å². The highest BCUT2D eigenvalue weighted by Crippen LogP contribution is 2.30. The van der Waals surface area contributed by atoms with E-state index < -0.39 is 6.61 Å². The number of rotatable bonds is 6. The van der Waals surface area contributed by atoms with E-state index in [1.807, 2.05) is 6.07 Å². The number of carbonyl (C=O) groups is 1. The molecule has 7 heteroatoms. The third-order valence-corrected chi connectivity index (χ3v) is 4.27. The second-order valence-corrected chi connectivity index (χ2v) is 5.88. The van der Waals surface area contributed by atoms with Gasteiger partial charge in [-0.1, -0.05) is 18.2 Å². The molecule has 2 rings (SSSR count). The minimum atomic E-state index is -2.90. The molecular weight excluding hydrogens is 334 g/mol. The highest BCUT2D eigenvalue weighted by atomic mass is 32.2. The van der Waals surface area contributed by atoms with Crippen molar-refractivity contribution in [3.63, 3.8) is 0 Å². The van der Waals surface area contributed by atoms with Crippen molar-refractivity contribution in [2.45, 2.75) is 31.2 Å². The molecule has 0 aliphatic rings. The second-order valence-electron chi connectivity index (χ2n) is 4.92. The summed E-state index contributed by atoms with van der Waals surface area (Å²) in [4.78, 5) is 15.8. The highest BCUT2D eigenvalue weighted by molar-refractivity contribution is 7.98. The zero-order chi connectivity index (χ0) is 17.7. The summed E-state index contributed by atoms with van der Waals surface area (Å²) in [7, 11) is 0. The number of aromatic nitrogens is 1. The van der Waals surface area contributed by atoms with Crippen LogP contribution in [0.3, 0.4) is 0 Å². The van der Waals surface area contributed by atoms with Gasteiger partial charge in [0.2, 0.25) is 0 Å². The van der Waals surface area contributed by atoms with Crippen molar-refractivity contribution < 1.29 is 18.3 Å². The molecule has 4 nitrogen and oxygen atoms in total. The smallest absolute Gasteiger partial charge is 0.387 e. The van der Waals surface area contributed by atoms with E-state index in [2.05, 4.69) is 9.72 Å². The summed E-state index contributed by atoms with van der Waals surface area (Å²) in [6, 6.07) is 9.99. The maximum Gasteiger partial charge on any atom is 0.387 e. The van der Waals surface area contributed by atoms with E-state index in [4.69, 9.17) is 0 Å². The number of thioether (sulfide) groups is 1. The average molecular weight is 348 g/mol. The summed E-state index contributed by atoms with van der Waals surface area (Å²) < 4.78 is 29.4. The van der Waals surface area contributed by atoms with E-state index in [1.54, 1.807) is 25.1 Å². The number of nitriles is 1. The number of hydrogen-bond donors (Lipinski definition) is 0. The molecular formula is C17H14F2N2O2S. The number of aryl methyl sites for hydroxylation is 1. The Bertz CT molecular complexity index is 804. The predicted molar refractivity (Wildman–Crippen MR) is 86.3 cm³/mol. The number of nitrogens with zero attached hydrogens (tertiary/aromatic N) is 2. The molecule has 0 aliphatic heterocycles. The average Bonchev–Trinajstić information content (AvgIpc) is 2.53. The van der Waals surface area contributed by atoms with Gasteiger partial charge >= 0.3 is 6.61 Å². The Kier molecular flexibility index (Phi) is 5.88. The van der Waals surface area contributed by atoms with Crippen LogP contribution in [0.25, 0.3) is 0 Å². The molecule has 0 saturated carbocycles.